The SMILES string of the molecule is O=S(=O)(O)c1c(O)ccc2c(S(=O)(=O)O)c(O)ccc12. The third-order valence-corrected chi connectivity index (χ3v) is 4.47. The highest BCUT2D eigenvalue weighted by atomic mass is 32.2. The van der Waals surface area contributed by atoms with Crippen LogP contribution in [0.4, 0.5) is 0 Å². The summed E-state index contributed by atoms with van der Waals surface area (Å²) in [7, 11) is -9.69. The summed E-state index contributed by atoms with van der Waals surface area (Å²) in [6.45, 7) is 0. The molecule has 0 spiro atoms. The molecule has 2 aromatic carbocycles. The van der Waals surface area contributed by atoms with Crippen molar-refractivity contribution in [3.63, 3.8) is 0 Å². The maximum Gasteiger partial charge on any atom is 0.298 e. The minimum atomic E-state index is -4.84. The first-order valence-corrected chi connectivity index (χ1v) is 7.84. The van der Waals surface area contributed by atoms with E-state index in [2.05, 4.69) is 0 Å². The lowest BCUT2D eigenvalue weighted by molar-refractivity contribution is 0.440. The molecule has 8 nitrogen and oxygen atoms in total. The van der Waals surface area contributed by atoms with Gasteiger partial charge in [-0.15, -0.1) is 0 Å². The Balaban J connectivity index is 3.13. The monoisotopic (exact) mass is 320 g/mol. The fourth-order valence-electron chi connectivity index (χ4n) is 1.87. The van der Waals surface area contributed by atoms with Gasteiger partial charge in [0, 0.05) is 10.8 Å². The Morgan fingerprint density at radius 2 is 0.950 bits per heavy atom. The summed E-state index contributed by atoms with van der Waals surface area (Å²) in [6.07, 6.45) is 0. The molecule has 0 fully saturated rings. The van der Waals surface area contributed by atoms with Crippen LogP contribution in [0.5, 0.6) is 11.5 Å². The molecule has 2 aromatic rings. The molecule has 0 amide bonds. The van der Waals surface area contributed by atoms with Crippen molar-refractivity contribution in [2.45, 2.75) is 9.79 Å². The van der Waals surface area contributed by atoms with Crippen LogP contribution < -0.4 is 0 Å². The summed E-state index contributed by atoms with van der Waals surface area (Å²) >= 11 is 0. The molecule has 0 bridgehead atoms. The van der Waals surface area contributed by atoms with Gasteiger partial charge in [0.15, 0.2) is 0 Å². The Labute approximate surface area is 113 Å². The van der Waals surface area contributed by atoms with Gasteiger partial charge >= 0.3 is 0 Å². The lowest BCUT2D eigenvalue weighted by atomic mass is 10.1. The molecule has 0 aliphatic carbocycles. The van der Waals surface area contributed by atoms with E-state index in [0.29, 0.717) is 0 Å². The number of aromatic hydroxyl groups is 2. The van der Waals surface area contributed by atoms with Crippen molar-refractivity contribution in [3.05, 3.63) is 24.3 Å². The fourth-order valence-corrected chi connectivity index (χ4v) is 3.45. The van der Waals surface area contributed by atoms with Crippen LogP contribution in [0.15, 0.2) is 34.1 Å². The second-order valence-corrected chi connectivity index (χ2v) is 6.59. The number of fused-ring (bicyclic) bond motifs is 1. The molecular weight excluding hydrogens is 312 g/mol. The van der Waals surface area contributed by atoms with Crippen LogP contribution in [0, 0.1) is 0 Å². The van der Waals surface area contributed by atoms with Gasteiger partial charge in [-0.05, 0) is 24.3 Å². The molecule has 20 heavy (non-hydrogen) atoms. The molecule has 0 atom stereocenters. The van der Waals surface area contributed by atoms with Gasteiger partial charge < -0.3 is 10.2 Å². The van der Waals surface area contributed by atoms with E-state index >= 15 is 0 Å². The molecular formula is C10H8O8S2. The molecule has 4 N–H and O–H groups in total. The van der Waals surface area contributed by atoms with Gasteiger partial charge in [0.2, 0.25) is 0 Å². The first-order chi connectivity index (χ1) is 9.03. The van der Waals surface area contributed by atoms with E-state index in [1.807, 2.05) is 0 Å². The number of phenolic OH excluding ortho intramolecular Hbond substituents is 2. The zero-order valence-electron chi connectivity index (χ0n) is 9.55. The van der Waals surface area contributed by atoms with Gasteiger partial charge in [-0.25, -0.2) is 0 Å². The zero-order valence-corrected chi connectivity index (χ0v) is 11.2. The van der Waals surface area contributed by atoms with E-state index in [1.165, 1.54) is 0 Å². The molecule has 108 valence electrons. The maximum absolute atomic E-state index is 11.2. The molecule has 0 aliphatic rings. The minimum absolute atomic E-state index is 0.363. The van der Waals surface area contributed by atoms with Gasteiger partial charge in [0.25, 0.3) is 20.2 Å². The second kappa shape index (κ2) is 4.31. The standard InChI is InChI=1S/C10H8O8S2/c11-7-3-1-5-6(10(7)20(16,17)18)2-4-8(12)9(5)19(13,14)15/h1-4,11-12H,(H,13,14,15)(H,16,17,18). The lowest BCUT2D eigenvalue weighted by Gasteiger charge is -2.10. The molecule has 0 radical (unpaired) electrons. The fraction of sp³-hybridized carbons (Fsp3) is 0. The van der Waals surface area contributed by atoms with Crippen molar-refractivity contribution in [1.29, 1.82) is 0 Å². The zero-order chi connectivity index (χ0) is 15.3. The highest BCUT2D eigenvalue weighted by molar-refractivity contribution is 7.86. The molecule has 10 heteroatoms. The van der Waals surface area contributed by atoms with Crippen LogP contribution in [0.3, 0.4) is 0 Å². The van der Waals surface area contributed by atoms with Crippen molar-refractivity contribution in [2.75, 3.05) is 0 Å². The topological polar surface area (TPSA) is 149 Å². The molecule has 0 aliphatic heterocycles. The summed E-state index contributed by atoms with van der Waals surface area (Å²) in [5.41, 5.74) is 0. The van der Waals surface area contributed by atoms with E-state index in [-0.39, 0.29) is 10.8 Å². The Kier molecular flexibility index (Phi) is 3.13. The lowest BCUT2D eigenvalue weighted by Crippen LogP contribution is -2.03. The van der Waals surface area contributed by atoms with Crippen LogP contribution in [-0.4, -0.2) is 36.2 Å². The number of benzene rings is 2. The van der Waals surface area contributed by atoms with Crippen molar-refractivity contribution in [1.82, 2.24) is 0 Å². The van der Waals surface area contributed by atoms with Crippen LogP contribution in [0.2, 0.25) is 0 Å². The van der Waals surface area contributed by atoms with E-state index in [4.69, 9.17) is 9.11 Å². The van der Waals surface area contributed by atoms with E-state index < -0.39 is 41.5 Å². The van der Waals surface area contributed by atoms with Crippen molar-refractivity contribution in [2.24, 2.45) is 0 Å². The average molecular weight is 320 g/mol. The number of hydrogen-bond donors (Lipinski definition) is 4. The number of rotatable bonds is 2. The first kappa shape index (κ1) is 14.5. The van der Waals surface area contributed by atoms with Gasteiger partial charge in [0.05, 0.1) is 0 Å². The van der Waals surface area contributed by atoms with Crippen molar-refractivity contribution >= 4 is 31.0 Å². The third kappa shape index (κ3) is 2.29. The summed E-state index contributed by atoms with van der Waals surface area (Å²) in [4.78, 5) is -1.83. The van der Waals surface area contributed by atoms with Gasteiger partial charge in [0.1, 0.15) is 21.3 Å². The van der Waals surface area contributed by atoms with Crippen LogP contribution in [-0.2, 0) is 20.2 Å². The van der Waals surface area contributed by atoms with Gasteiger partial charge in [-0.3, -0.25) is 9.11 Å². The summed E-state index contributed by atoms with van der Waals surface area (Å²) in [5.74, 6) is -1.60. The number of phenols is 2. The molecule has 0 saturated heterocycles. The highest BCUT2D eigenvalue weighted by Crippen LogP contribution is 2.37. The summed E-state index contributed by atoms with van der Waals surface area (Å²) < 4.78 is 63.1. The first-order valence-electron chi connectivity index (χ1n) is 4.96. The molecule has 2 rings (SSSR count). The third-order valence-electron chi connectivity index (χ3n) is 2.58. The Bertz CT molecular complexity index is 835. The van der Waals surface area contributed by atoms with E-state index in [0.717, 1.165) is 24.3 Å². The molecule has 0 unspecified atom stereocenters. The molecule has 0 saturated carbocycles. The Morgan fingerprint density at radius 1 is 0.650 bits per heavy atom. The predicted octanol–water partition coefficient (Wildman–Crippen LogP) is 0.744. The minimum Gasteiger partial charge on any atom is -0.506 e. The van der Waals surface area contributed by atoms with Gasteiger partial charge in [-0.2, -0.15) is 16.8 Å². The summed E-state index contributed by atoms with van der Waals surface area (Å²) in [5, 5.41) is 18.3. The van der Waals surface area contributed by atoms with E-state index in [1.54, 1.807) is 0 Å². The van der Waals surface area contributed by atoms with Gasteiger partial charge in [-0.1, -0.05) is 0 Å². The number of hydrogen-bond acceptors (Lipinski definition) is 6. The van der Waals surface area contributed by atoms with E-state index in [9.17, 15) is 27.0 Å². The smallest absolute Gasteiger partial charge is 0.298 e. The molecule has 0 aromatic heterocycles. The Hall–Kier alpha value is -1.88. The second-order valence-electron chi connectivity index (χ2n) is 3.87. The maximum atomic E-state index is 11.2. The van der Waals surface area contributed by atoms with Crippen molar-refractivity contribution in [3.8, 4) is 11.5 Å². The van der Waals surface area contributed by atoms with Crippen LogP contribution in [0.1, 0.15) is 0 Å². The Morgan fingerprint density at radius 3 is 1.20 bits per heavy atom. The largest absolute Gasteiger partial charge is 0.506 e. The highest BCUT2D eigenvalue weighted by Gasteiger charge is 2.25. The average Bonchev–Trinajstić information content (AvgIpc) is 2.25. The van der Waals surface area contributed by atoms with Crippen molar-refractivity contribution < 1.29 is 36.2 Å². The molecule has 0 heterocycles. The normalized spacial score (nSPS) is 12.7. The summed E-state index contributed by atoms with van der Waals surface area (Å²) in [6, 6.07) is 3.61. The predicted molar refractivity (Wildman–Crippen MR) is 66.9 cm³/mol. The quantitative estimate of drug-likeness (QED) is 0.592. The van der Waals surface area contributed by atoms with Crippen LogP contribution in [0.25, 0.3) is 10.8 Å². The van der Waals surface area contributed by atoms with Crippen LogP contribution >= 0.6 is 0 Å².